The van der Waals surface area contributed by atoms with Gasteiger partial charge in [0.2, 0.25) is 0 Å². The molecular weight excluding hydrogens is 386 g/mol. The standard InChI is InChI=1S/C16H9ClF2N4O4/c1-7-9(4-22-27-7)15(24)23-14-6-20-11(5-21-14)8-2-12-13(3-10(8)17)26-16(18,19)25-12/h2-6H,1H3,(H,21,23,24). The summed E-state index contributed by atoms with van der Waals surface area (Å²) in [5.74, 6) is -0.260. The van der Waals surface area contributed by atoms with Gasteiger partial charge in [-0.15, -0.1) is 8.78 Å². The van der Waals surface area contributed by atoms with Crippen LogP contribution in [0.4, 0.5) is 14.6 Å². The Morgan fingerprint density at radius 3 is 2.52 bits per heavy atom. The fourth-order valence-corrected chi connectivity index (χ4v) is 2.65. The molecular formula is C16H9ClF2N4O4. The Bertz CT molecular complexity index is 1040. The van der Waals surface area contributed by atoms with Crippen molar-refractivity contribution in [3.05, 3.63) is 47.1 Å². The molecule has 1 aliphatic rings. The molecule has 1 N–H and O–H groups in total. The van der Waals surface area contributed by atoms with E-state index in [0.29, 0.717) is 17.0 Å². The van der Waals surface area contributed by atoms with E-state index < -0.39 is 12.2 Å². The van der Waals surface area contributed by atoms with Gasteiger partial charge in [-0.25, -0.2) is 4.98 Å². The number of alkyl halides is 2. The number of nitrogens with zero attached hydrogens (tertiary/aromatic N) is 3. The number of fused-ring (bicyclic) bond motifs is 1. The number of aromatic nitrogens is 3. The molecule has 1 aromatic carbocycles. The highest BCUT2D eigenvalue weighted by Crippen LogP contribution is 2.45. The fourth-order valence-electron chi connectivity index (χ4n) is 2.40. The van der Waals surface area contributed by atoms with Crippen molar-refractivity contribution < 1.29 is 27.6 Å². The smallest absolute Gasteiger partial charge is 0.395 e. The van der Waals surface area contributed by atoms with Crippen molar-refractivity contribution in [3.63, 3.8) is 0 Å². The van der Waals surface area contributed by atoms with Crippen LogP contribution < -0.4 is 14.8 Å². The molecule has 3 heterocycles. The predicted octanol–water partition coefficient (Wildman–Crippen LogP) is 3.67. The summed E-state index contributed by atoms with van der Waals surface area (Å²) in [4.78, 5) is 20.3. The second-order valence-electron chi connectivity index (χ2n) is 5.48. The Balaban J connectivity index is 1.57. The first-order chi connectivity index (χ1) is 12.8. The molecule has 27 heavy (non-hydrogen) atoms. The molecule has 138 valence electrons. The number of aryl methyl sites for hydroxylation is 1. The number of benzene rings is 1. The molecule has 0 saturated carbocycles. The summed E-state index contributed by atoms with van der Waals surface area (Å²) in [7, 11) is 0. The molecule has 1 aliphatic heterocycles. The van der Waals surface area contributed by atoms with Crippen molar-refractivity contribution in [2.75, 3.05) is 5.32 Å². The van der Waals surface area contributed by atoms with Gasteiger partial charge in [0.25, 0.3) is 5.91 Å². The molecule has 11 heteroatoms. The van der Waals surface area contributed by atoms with Crippen LogP contribution in [0.5, 0.6) is 11.5 Å². The topological polar surface area (TPSA) is 99.4 Å². The van der Waals surface area contributed by atoms with E-state index in [0.717, 1.165) is 0 Å². The van der Waals surface area contributed by atoms with E-state index in [9.17, 15) is 13.6 Å². The maximum absolute atomic E-state index is 13.2. The molecule has 0 unspecified atom stereocenters. The summed E-state index contributed by atoms with van der Waals surface area (Å²) < 4.78 is 39.9. The van der Waals surface area contributed by atoms with E-state index >= 15 is 0 Å². The highest BCUT2D eigenvalue weighted by molar-refractivity contribution is 6.33. The summed E-state index contributed by atoms with van der Waals surface area (Å²) in [5, 5.41) is 6.19. The van der Waals surface area contributed by atoms with Crippen molar-refractivity contribution in [2.45, 2.75) is 13.2 Å². The van der Waals surface area contributed by atoms with Crippen LogP contribution >= 0.6 is 11.6 Å². The van der Waals surface area contributed by atoms with Gasteiger partial charge in [-0.1, -0.05) is 16.8 Å². The molecule has 1 amide bonds. The van der Waals surface area contributed by atoms with Crippen LogP contribution in [0.25, 0.3) is 11.3 Å². The van der Waals surface area contributed by atoms with Gasteiger partial charge in [0.05, 0.1) is 29.3 Å². The van der Waals surface area contributed by atoms with Crippen LogP contribution in [0.2, 0.25) is 5.02 Å². The van der Waals surface area contributed by atoms with Crippen LogP contribution in [0, 0.1) is 6.92 Å². The van der Waals surface area contributed by atoms with Gasteiger partial charge in [-0.3, -0.25) is 9.78 Å². The summed E-state index contributed by atoms with van der Waals surface area (Å²) in [5.41, 5.74) is 0.873. The van der Waals surface area contributed by atoms with Crippen molar-refractivity contribution >= 4 is 23.3 Å². The number of carbonyl (C=O) groups excluding carboxylic acids is 1. The van der Waals surface area contributed by atoms with Gasteiger partial charge >= 0.3 is 6.29 Å². The van der Waals surface area contributed by atoms with E-state index in [1.807, 2.05) is 0 Å². The van der Waals surface area contributed by atoms with Crippen LogP contribution in [0.1, 0.15) is 16.1 Å². The SMILES string of the molecule is Cc1oncc1C(=O)Nc1cnc(-c2cc3c(cc2Cl)OC(F)(F)O3)cn1. The number of hydrogen-bond acceptors (Lipinski definition) is 7. The Hall–Kier alpha value is -3.27. The molecule has 0 fully saturated rings. The molecule has 0 aliphatic carbocycles. The summed E-state index contributed by atoms with van der Waals surface area (Å²) in [6.45, 7) is 1.60. The van der Waals surface area contributed by atoms with E-state index in [-0.39, 0.29) is 27.9 Å². The molecule has 0 radical (unpaired) electrons. The minimum absolute atomic E-state index is 0.126. The van der Waals surface area contributed by atoms with E-state index in [2.05, 4.69) is 29.9 Å². The maximum atomic E-state index is 13.2. The number of rotatable bonds is 3. The Morgan fingerprint density at radius 2 is 1.89 bits per heavy atom. The molecule has 0 saturated heterocycles. The predicted molar refractivity (Wildman–Crippen MR) is 87.9 cm³/mol. The van der Waals surface area contributed by atoms with Crippen LogP contribution in [0.3, 0.4) is 0 Å². The number of amides is 1. The van der Waals surface area contributed by atoms with Gasteiger partial charge in [0, 0.05) is 11.6 Å². The first kappa shape index (κ1) is 17.2. The van der Waals surface area contributed by atoms with Crippen molar-refractivity contribution in [2.24, 2.45) is 0 Å². The zero-order valence-corrected chi connectivity index (χ0v) is 14.3. The van der Waals surface area contributed by atoms with Gasteiger partial charge in [-0.2, -0.15) is 0 Å². The Labute approximate surface area is 155 Å². The lowest BCUT2D eigenvalue weighted by molar-refractivity contribution is -0.286. The quantitative estimate of drug-likeness (QED) is 0.723. The number of hydrogen-bond donors (Lipinski definition) is 1. The second kappa shape index (κ2) is 6.16. The van der Waals surface area contributed by atoms with Gasteiger partial charge in [-0.05, 0) is 13.0 Å². The van der Waals surface area contributed by atoms with Gasteiger partial charge < -0.3 is 19.3 Å². The molecule has 8 nitrogen and oxygen atoms in total. The third-order valence-corrected chi connectivity index (χ3v) is 3.97. The molecule has 0 bridgehead atoms. The first-order valence-corrected chi connectivity index (χ1v) is 7.84. The maximum Gasteiger partial charge on any atom is 0.586 e. The number of halogens is 3. The van der Waals surface area contributed by atoms with E-state index in [4.69, 9.17) is 16.1 Å². The molecule has 2 aromatic heterocycles. The molecule has 3 aromatic rings. The average Bonchev–Trinajstić information content (AvgIpc) is 3.16. The van der Waals surface area contributed by atoms with Gasteiger partial charge in [0.15, 0.2) is 17.3 Å². The number of ether oxygens (including phenoxy) is 2. The minimum atomic E-state index is -3.75. The van der Waals surface area contributed by atoms with Gasteiger partial charge in [0.1, 0.15) is 11.3 Å². The Morgan fingerprint density at radius 1 is 1.15 bits per heavy atom. The Kier molecular flexibility index (Phi) is 3.92. The second-order valence-corrected chi connectivity index (χ2v) is 5.89. The third-order valence-electron chi connectivity index (χ3n) is 3.66. The molecule has 0 atom stereocenters. The number of nitrogens with one attached hydrogen (secondary N) is 1. The van der Waals surface area contributed by atoms with Crippen molar-refractivity contribution in [1.29, 1.82) is 0 Å². The first-order valence-electron chi connectivity index (χ1n) is 7.47. The van der Waals surface area contributed by atoms with E-state index in [1.165, 1.54) is 30.7 Å². The highest BCUT2D eigenvalue weighted by Gasteiger charge is 2.43. The molecule has 4 rings (SSSR count). The zero-order chi connectivity index (χ0) is 19.2. The third kappa shape index (κ3) is 3.26. The van der Waals surface area contributed by atoms with Crippen LogP contribution in [-0.4, -0.2) is 27.3 Å². The summed E-state index contributed by atoms with van der Waals surface area (Å²) >= 11 is 6.11. The lowest BCUT2D eigenvalue weighted by Gasteiger charge is -2.07. The average molecular weight is 395 g/mol. The largest absolute Gasteiger partial charge is 0.586 e. The highest BCUT2D eigenvalue weighted by atomic mass is 35.5. The van der Waals surface area contributed by atoms with E-state index in [1.54, 1.807) is 6.92 Å². The van der Waals surface area contributed by atoms with Crippen LogP contribution in [-0.2, 0) is 0 Å². The zero-order valence-electron chi connectivity index (χ0n) is 13.5. The summed E-state index contributed by atoms with van der Waals surface area (Å²) in [6.07, 6.45) is 0.169. The number of carbonyl (C=O) groups is 1. The lowest BCUT2D eigenvalue weighted by Crippen LogP contribution is -2.25. The summed E-state index contributed by atoms with van der Waals surface area (Å²) in [6, 6.07) is 2.49. The van der Waals surface area contributed by atoms with Crippen molar-refractivity contribution in [1.82, 2.24) is 15.1 Å². The molecule has 0 spiro atoms. The van der Waals surface area contributed by atoms with Crippen molar-refractivity contribution in [3.8, 4) is 22.8 Å². The minimum Gasteiger partial charge on any atom is -0.395 e. The van der Waals surface area contributed by atoms with Crippen LogP contribution in [0.15, 0.2) is 35.2 Å². The lowest BCUT2D eigenvalue weighted by atomic mass is 10.1. The normalized spacial score (nSPS) is 14.2. The number of anilines is 1. The fraction of sp³-hybridized carbons (Fsp3) is 0.125. The monoisotopic (exact) mass is 394 g/mol.